The van der Waals surface area contributed by atoms with Crippen molar-refractivity contribution >= 4 is 23.4 Å². The molecule has 0 bridgehead atoms. The summed E-state index contributed by atoms with van der Waals surface area (Å²) in [6, 6.07) is 7.01. The van der Waals surface area contributed by atoms with E-state index in [-0.39, 0.29) is 17.7 Å². The number of rotatable bonds is 4. The summed E-state index contributed by atoms with van der Waals surface area (Å²) < 4.78 is 5.90. The molecule has 5 nitrogen and oxygen atoms in total. The van der Waals surface area contributed by atoms with E-state index >= 15 is 0 Å². The first-order valence-electron chi connectivity index (χ1n) is 9.39. The third-order valence-corrected chi connectivity index (χ3v) is 5.50. The molecule has 2 amide bonds. The van der Waals surface area contributed by atoms with E-state index in [9.17, 15) is 9.59 Å². The quantitative estimate of drug-likeness (QED) is 0.807. The van der Waals surface area contributed by atoms with Crippen LogP contribution in [0, 0.1) is 5.92 Å². The lowest BCUT2D eigenvalue weighted by Crippen LogP contribution is -2.52. The molecule has 0 aromatic heterocycles. The van der Waals surface area contributed by atoms with Gasteiger partial charge in [0.05, 0.1) is 0 Å². The smallest absolute Gasteiger partial charge is 0.266 e. The van der Waals surface area contributed by atoms with E-state index in [2.05, 4.69) is 0 Å². The summed E-state index contributed by atoms with van der Waals surface area (Å²) in [5.74, 6) is 0.898. The number of hydrogen-bond acceptors (Lipinski definition) is 3. The van der Waals surface area contributed by atoms with E-state index in [1.807, 2.05) is 9.80 Å². The zero-order valence-electron chi connectivity index (χ0n) is 15.5. The Kier molecular flexibility index (Phi) is 5.76. The summed E-state index contributed by atoms with van der Waals surface area (Å²) in [5.41, 5.74) is -0.959. The summed E-state index contributed by atoms with van der Waals surface area (Å²) in [4.78, 5) is 29.2. The predicted octanol–water partition coefficient (Wildman–Crippen LogP) is 3.36. The van der Waals surface area contributed by atoms with Crippen molar-refractivity contribution in [3.63, 3.8) is 0 Å². The molecular weight excluding hydrogens is 352 g/mol. The van der Waals surface area contributed by atoms with Crippen LogP contribution in [0.5, 0.6) is 5.75 Å². The van der Waals surface area contributed by atoms with Gasteiger partial charge in [-0.25, -0.2) is 0 Å². The molecule has 0 atom stereocenters. The van der Waals surface area contributed by atoms with E-state index in [1.54, 1.807) is 38.1 Å². The second-order valence-electron chi connectivity index (χ2n) is 7.67. The maximum atomic E-state index is 12.9. The number of likely N-dealkylation sites (tertiary alicyclic amines) is 2. The maximum absolute atomic E-state index is 12.9. The number of piperidine rings is 1. The number of carbonyl (C=O) groups excluding carboxylic acids is 2. The number of amides is 2. The molecule has 0 unspecified atom stereocenters. The molecule has 2 heterocycles. The largest absolute Gasteiger partial charge is 0.478 e. The summed E-state index contributed by atoms with van der Waals surface area (Å²) in [6.45, 7) is 6.56. The highest BCUT2D eigenvalue weighted by molar-refractivity contribution is 6.30. The first-order valence-corrected chi connectivity index (χ1v) is 9.77. The van der Waals surface area contributed by atoms with E-state index in [1.165, 1.54) is 0 Å². The van der Waals surface area contributed by atoms with Crippen LogP contribution in [0.3, 0.4) is 0 Å². The van der Waals surface area contributed by atoms with Gasteiger partial charge in [0.2, 0.25) is 5.91 Å². The lowest BCUT2D eigenvalue weighted by atomic mass is 9.94. The average Bonchev–Trinajstić information content (AvgIpc) is 3.17. The van der Waals surface area contributed by atoms with Gasteiger partial charge in [-0.3, -0.25) is 9.59 Å². The first kappa shape index (κ1) is 19.0. The van der Waals surface area contributed by atoms with Crippen molar-refractivity contribution in [1.82, 2.24) is 9.80 Å². The SMILES string of the molecule is CC(C)(Oc1ccc(Cl)cc1)C(=O)N1CCC(C(=O)N2CCCC2)CC1. The maximum Gasteiger partial charge on any atom is 0.266 e. The van der Waals surface area contributed by atoms with Gasteiger partial charge in [-0.15, -0.1) is 0 Å². The lowest BCUT2D eigenvalue weighted by molar-refractivity contribution is -0.149. The molecule has 0 N–H and O–H groups in total. The van der Waals surface area contributed by atoms with E-state index in [4.69, 9.17) is 16.3 Å². The fraction of sp³-hybridized carbons (Fsp3) is 0.600. The summed E-state index contributed by atoms with van der Waals surface area (Å²) in [5, 5.41) is 0.631. The van der Waals surface area contributed by atoms with Gasteiger partial charge in [-0.05, 0) is 63.8 Å². The normalized spacial score (nSPS) is 18.9. The van der Waals surface area contributed by atoms with Gasteiger partial charge in [0, 0.05) is 37.1 Å². The van der Waals surface area contributed by atoms with E-state index < -0.39 is 5.60 Å². The number of benzene rings is 1. The van der Waals surface area contributed by atoms with Crippen LogP contribution >= 0.6 is 11.6 Å². The fourth-order valence-electron chi connectivity index (χ4n) is 3.75. The van der Waals surface area contributed by atoms with Crippen molar-refractivity contribution in [2.45, 2.75) is 45.1 Å². The third-order valence-electron chi connectivity index (χ3n) is 5.25. The number of ether oxygens (including phenoxy) is 1. The minimum atomic E-state index is -0.959. The molecule has 2 fully saturated rings. The van der Waals surface area contributed by atoms with Gasteiger partial charge >= 0.3 is 0 Å². The second-order valence-corrected chi connectivity index (χ2v) is 8.10. The molecule has 0 spiro atoms. The van der Waals surface area contributed by atoms with Crippen LogP contribution < -0.4 is 4.74 Å². The molecular formula is C20H27ClN2O3. The Hall–Kier alpha value is -1.75. The van der Waals surface area contributed by atoms with Gasteiger partial charge in [0.25, 0.3) is 5.91 Å². The van der Waals surface area contributed by atoms with Crippen LogP contribution in [-0.4, -0.2) is 53.4 Å². The predicted molar refractivity (Wildman–Crippen MR) is 101 cm³/mol. The Morgan fingerprint density at radius 3 is 2.15 bits per heavy atom. The van der Waals surface area contributed by atoms with Gasteiger partial charge < -0.3 is 14.5 Å². The van der Waals surface area contributed by atoms with Crippen molar-refractivity contribution in [2.24, 2.45) is 5.92 Å². The summed E-state index contributed by atoms with van der Waals surface area (Å²) in [6.07, 6.45) is 3.69. The van der Waals surface area contributed by atoms with Gasteiger partial charge in [0.15, 0.2) is 5.60 Å². The summed E-state index contributed by atoms with van der Waals surface area (Å²) in [7, 11) is 0. The van der Waals surface area contributed by atoms with Crippen LogP contribution in [0.4, 0.5) is 0 Å². The topological polar surface area (TPSA) is 49.9 Å². The Balaban J connectivity index is 1.55. The molecule has 6 heteroatoms. The third kappa shape index (κ3) is 4.32. The van der Waals surface area contributed by atoms with Crippen molar-refractivity contribution < 1.29 is 14.3 Å². The molecule has 3 rings (SSSR count). The van der Waals surface area contributed by atoms with Gasteiger partial charge in [-0.1, -0.05) is 11.6 Å². The van der Waals surface area contributed by atoms with Crippen LogP contribution in [-0.2, 0) is 9.59 Å². The molecule has 142 valence electrons. The van der Waals surface area contributed by atoms with Crippen LogP contribution in [0.2, 0.25) is 5.02 Å². The Morgan fingerprint density at radius 1 is 1.00 bits per heavy atom. The van der Waals surface area contributed by atoms with E-state index in [0.29, 0.717) is 23.9 Å². The molecule has 26 heavy (non-hydrogen) atoms. The highest BCUT2D eigenvalue weighted by atomic mass is 35.5. The van der Waals surface area contributed by atoms with Crippen LogP contribution in [0.15, 0.2) is 24.3 Å². The van der Waals surface area contributed by atoms with Crippen molar-refractivity contribution in [1.29, 1.82) is 0 Å². The number of halogens is 1. The number of nitrogens with zero attached hydrogens (tertiary/aromatic N) is 2. The molecule has 2 aliphatic heterocycles. The molecule has 0 saturated carbocycles. The molecule has 1 aromatic carbocycles. The molecule has 1 aromatic rings. The molecule has 2 saturated heterocycles. The monoisotopic (exact) mass is 378 g/mol. The van der Waals surface area contributed by atoms with Crippen molar-refractivity contribution in [3.05, 3.63) is 29.3 Å². The Bertz CT molecular complexity index is 646. The van der Waals surface area contributed by atoms with Crippen molar-refractivity contribution in [3.8, 4) is 5.75 Å². The van der Waals surface area contributed by atoms with Gasteiger partial charge in [-0.2, -0.15) is 0 Å². The zero-order valence-corrected chi connectivity index (χ0v) is 16.3. The first-order chi connectivity index (χ1) is 12.4. The standard InChI is InChI=1S/C20H27ClN2O3/c1-20(2,26-17-7-5-16(21)6-8-17)19(25)23-13-9-15(10-14-23)18(24)22-11-3-4-12-22/h5-8,15H,3-4,9-14H2,1-2H3. The summed E-state index contributed by atoms with van der Waals surface area (Å²) >= 11 is 5.89. The van der Waals surface area contributed by atoms with Crippen LogP contribution in [0.1, 0.15) is 39.5 Å². The minimum absolute atomic E-state index is 0.0421. The molecule has 2 aliphatic rings. The fourth-order valence-corrected chi connectivity index (χ4v) is 3.87. The van der Waals surface area contributed by atoms with Crippen molar-refractivity contribution in [2.75, 3.05) is 26.2 Å². The lowest BCUT2D eigenvalue weighted by Gasteiger charge is -2.37. The highest BCUT2D eigenvalue weighted by Gasteiger charge is 2.38. The zero-order chi connectivity index (χ0) is 18.7. The Labute approximate surface area is 160 Å². The Morgan fingerprint density at radius 2 is 1.58 bits per heavy atom. The molecule has 0 radical (unpaired) electrons. The van der Waals surface area contributed by atoms with E-state index in [0.717, 1.165) is 38.8 Å². The number of hydrogen-bond donors (Lipinski definition) is 0. The average molecular weight is 379 g/mol. The molecule has 0 aliphatic carbocycles. The second kappa shape index (κ2) is 7.87. The van der Waals surface area contributed by atoms with Gasteiger partial charge in [0.1, 0.15) is 5.75 Å². The van der Waals surface area contributed by atoms with Crippen LogP contribution in [0.25, 0.3) is 0 Å². The highest BCUT2D eigenvalue weighted by Crippen LogP contribution is 2.26. The minimum Gasteiger partial charge on any atom is -0.478 e. The number of carbonyl (C=O) groups is 2.